The largest absolute Gasteiger partial charge is 0.495 e. The molecule has 36 heavy (non-hydrogen) atoms. The van der Waals surface area contributed by atoms with Crippen molar-refractivity contribution in [1.82, 2.24) is 20.2 Å². The summed E-state index contributed by atoms with van der Waals surface area (Å²) in [5, 5.41) is 5.74. The van der Waals surface area contributed by atoms with Gasteiger partial charge in [0.1, 0.15) is 17.4 Å². The molecule has 1 saturated carbocycles. The van der Waals surface area contributed by atoms with E-state index in [0.29, 0.717) is 25.7 Å². The molecule has 1 aliphatic rings. The first-order valence-corrected chi connectivity index (χ1v) is 12.1. The van der Waals surface area contributed by atoms with Crippen molar-refractivity contribution >= 4 is 29.1 Å². The predicted molar refractivity (Wildman–Crippen MR) is 131 cm³/mol. The van der Waals surface area contributed by atoms with Crippen molar-refractivity contribution in [1.29, 1.82) is 0 Å². The van der Waals surface area contributed by atoms with Crippen LogP contribution < -0.4 is 20.1 Å². The van der Waals surface area contributed by atoms with Crippen molar-refractivity contribution < 1.29 is 27.4 Å². The lowest BCUT2D eigenvalue weighted by molar-refractivity contribution is -0.140. The Kier molecular flexibility index (Phi) is 9.24. The lowest BCUT2D eigenvalue weighted by Crippen LogP contribution is -2.31. The van der Waals surface area contributed by atoms with Crippen LogP contribution in [0, 0.1) is 5.92 Å². The molecule has 2 N–H and O–H groups in total. The highest BCUT2D eigenvalue weighted by Gasteiger charge is 2.38. The van der Waals surface area contributed by atoms with Crippen LogP contribution in [0.15, 0.2) is 18.3 Å². The third kappa shape index (κ3) is 7.13. The second-order valence-electron chi connectivity index (χ2n) is 9.04. The summed E-state index contributed by atoms with van der Waals surface area (Å²) in [5.41, 5.74) is -0.564. The van der Waals surface area contributed by atoms with Crippen LogP contribution in [0.4, 0.5) is 24.8 Å². The van der Waals surface area contributed by atoms with E-state index in [1.54, 1.807) is 0 Å². The highest BCUT2D eigenvalue weighted by Crippen LogP contribution is 2.38. The van der Waals surface area contributed by atoms with Gasteiger partial charge in [-0.25, -0.2) is 4.98 Å². The SMILES string of the molecule is COc1cc(C(=O)NCCN(C)C)c(Cl)cc1Nc1ncc(C(F)(F)F)c(OC2CCCC[C@H]2C)n1. The normalized spacial score (nSPS) is 18.1. The van der Waals surface area contributed by atoms with Gasteiger partial charge in [-0.15, -0.1) is 0 Å². The van der Waals surface area contributed by atoms with Crippen LogP contribution in [0.5, 0.6) is 11.6 Å². The molecule has 0 radical (unpaired) electrons. The van der Waals surface area contributed by atoms with Crippen LogP contribution in [0.25, 0.3) is 0 Å². The zero-order valence-corrected chi connectivity index (χ0v) is 21.5. The first-order valence-electron chi connectivity index (χ1n) is 11.7. The summed E-state index contributed by atoms with van der Waals surface area (Å²) in [7, 11) is 5.17. The third-order valence-corrected chi connectivity index (χ3v) is 6.29. The lowest BCUT2D eigenvalue weighted by atomic mass is 9.88. The number of amides is 1. The first kappa shape index (κ1) is 27.8. The maximum absolute atomic E-state index is 13.6. The minimum absolute atomic E-state index is 0.113. The van der Waals surface area contributed by atoms with Gasteiger partial charge in [0, 0.05) is 19.3 Å². The monoisotopic (exact) mass is 529 g/mol. The molecule has 1 unspecified atom stereocenters. The number of hydrogen-bond acceptors (Lipinski definition) is 7. The Morgan fingerprint density at radius 3 is 2.61 bits per heavy atom. The van der Waals surface area contributed by atoms with Gasteiger partial charge in [-0.2, -0.15) is 18.2 Å². The lowest BCUT2D eigenvalue weighted by Gasteiger charge is -2.29. The molecule has 3 rings (SSSR count). The average Bonchev–Trinajstić information content (AvgIpc) is 2.80. The van der Waals surface area contributed by atoms with Crippen molar-refractivity contribution in [2.75, 3.05) is 39.6 Å². The van der Waals surface area contributed by atoms with Gasteiger partial charge in [-0.1, -0.05) is 24.9 Å². The minimum Gasteiger partial charge on any atom is -0.495 e. The van der Waals surface area contributed by atoms with Crippen LogP contribution in [0.3, 0.4) is 0 Å². The molecule has 1 fully saturated rings. The predicted octanol–water partition coefficient (Wildman–Crippen LogP) is 5.15. The molecule has 0 spiro atoms. The Morgan fingerprint density at radius 1 is 1.25 bits per heavy atom. The molecule has 2 aromatic rings. The maximum atomic E-state index is 13.6. The van der Waals surface area contributed by atoms with E-state index in [4.69, 9.17) is 21.1 Å². The van der Waals surface area contributed by atoms with Crippen LogP contribution in [0.2, 0.25) is 5.02 Å². The number of nitrogens with zero attached hydrogens (tertiary/aromatic N) is 3. The van der Waals surface area contributed by atoms with Crippen molar-refractivity contribution in [3.63, 3.8) is 0 Å². The summed E-state index contributed by atoms with van der Waals surface area (Å²) in [4.78, 5) is 22.3. The Bertz CT molecular complexity index is 1070. The van der Waals surface area contributed by atoms with Gasteiger partial charge in [-0.05, 0) is 51.4 Å². The van der Waals surface area contributed by atoms with Gasteiger partial charge < -0.3 is 25.0 Å². The van der Waals surface area contributed by atoms with Gasteiger partial charge in [0.15, 0.2) is 0 Å². The Labute approximate surface area is 213 Å². The van der Waals surface area contributed by atoms with Gasteiger partial charge in [0.25, 0.3) is 5.91 Å². The molecule has 0 saturated heterocycles. The minimum atomic E-state index is -4.67. The topological polar surface area (TPSA) is 88.6 Å². The van der Waals surface area contributed by atoms with Crippen LogP contribution in [0.1, 0.15) is 48.5 Å². The number of methoxy groups -OCH3 is 1. The van der Waals surface area contributed by atoms with Crippen LogP contribution >= 0.6 is 11.6 Å². The number of rotatable bonds is 9. The van der Waals surface area contributed by atoms with E-state index in [0.717, 1.165) is 19.3 Å². The number of nitrogens with one attached hydrogen (secondary N) is 2. The van der Waals surface area contributed by atoms with E-state index in [9.17, 15) is 18.0 Å². The van der Waals surface area contributed by atoms with Crippen LogP contribution in [-0.2, 0) is 6.18 Å². The second kappa shape index (κ2) is 12.0. The van der Waals surface area contributed by atoms with Gasteiger partial charge in [0.05, 0.1) is 23.4 Å². The number of carbonyl (C=O) groups is 1. The van der Waals surface area contributed by atoms with Crippen molar-refractivity contribution in [3.05, 3.63) is 34.5 Å². The van der Waals surface area contributed by atoms with E-state index in [-0.39, 0.29) is 45.9 Å². The van der Waals surface area contributed by atoms with Gasteiger partial charge in [-0.3, -0.25) is 4.79 Å². The van der Waals surface area contributed by atoms with Crippen molar-refractivity contribution in [2.45, 2.75) is 44.9 Å². The fourth-order valence-corrected chi connectivity index (χ4v) is 4.16. The molecule has 8 nitrogen and oxygen atoms in total. The number of benzene rings is 1. The maximum Gasteiger partial charge on any atom is 0.423 e. The van der Waals surface area contributed by atoms with Gasteiger partial charge in [0.2, 0.25) is 11.8 Å². The Hall–Kier alpha value is -2.79. The van der Waals surface area contributed by atoms with Gasteiger partial charge >= 0.3 is 6.18 Å². The third-order valence-electron chi connectivity index (χ3n) is 5.98. The number of anilines is 2. The summed E-state index contributed by atoms with van der Waals surface area (Å²) in [6.45, 7) is 3.03. The molecule has 0 bridgehead atoms. The molecule has 0 aliphatic heterocycles. The smallest absolute Gasteiger partial charge is 0.423 e. The second-order valence-corrected chi connectivity index (χ2v) is 9.45. The molecule has 1 heterocycles. The van der Waals surface area contributed by atoms with E-state index in [1.165, 1.54) is 19.2 Å². The Balaban J connectivity index is 1.86. The molecule has 1 amide bonds. The Morgan fingerprint density at radius 2 is 1.97 bits per heavy atom. The molecule has 1 aromatic carbocycles. The highest BCUT2D eigenvalue weighted by molar-refractivity contribution is 6.34. The van der Waals surface area contributed by atoms with Crippen LogP contribution in [-0.4, -0.2) is 61.2 Å². The average molecular weight is 530 g/mol. The molecular weight excluding hydrogens is 499 g/mol. The highest BCUT2D eigenvalue weighted by atomic mass is 35.5. The molecule has 1 aliphatic carbocycles. The molecule has 1 aromatic heterocycles. The zero-order valence-electron chi connectivity index (χ0n) is 20.7. The standard InChI is InChI=1S/C24H31ClF3N5O3/c1-14-7-5-6-8-19(14)36-22-16(24(26,27)28)13-30-23(32-22)31-18-12-17(25)15(11-20(18)35-4)21(34)29-9-10-33(2)3/h11-14,19H,5-10H2,1-4H3,(H,29,34)(H,30,31,32)/t14-,19?/m1/s1. The summed E-state index contributed by atoms with van der Waals surface area (Å²) in [5.74, 6) is -0.681. The van der Waals surface area contributed by atoms with Crippen molar-refractivity contribution in [2.24, 2.45) is 5.92 Å². The van der Waals surface area contributed by atoms with E-state index in [1.807, 2.05) is 25.9 Å². The number of halogens is 4. The quantitative estimate of drug-likeness (QED) is 0.464. The fraction of sp³-hybridized carbons (Fsp3) is 0.542. The summed E-state index contributed by atoms with van der Waals surface area (Å²) in [6, 6.07) is 2.88. The summed E-state index contributed by atoms with van der Waals surface area (Å²) in [6.07, 6.45) is -0.894. The van der Waals surface area contributed by atoms with E-state index in [2.05, 4.69) is 20.6 Å². The summed E-state index contributed by atoms with van der Waals surface area (Å²) < 4.78 is 52.0. The van der Waals surface area contributed by atoms with E-state index < -0.39 is 17.6 Å². The molecule has 12 heteroatoms. The number of carbonyl (C=O) groups excluding carboxylic acids is 1. The zero-order chi connectivity index (χ0) is 26.5. The first-order chi connectivity index (χ1) is 17.0. The van der Waals surface area contributed by atoms with Crippen molar-refractivity contribution in [3.8, 4) is 11.6 Å². The number of alkyl halides is 3. The summed E-state index contributed by atoms with van der Waals surface area (Å²) >= 11 is 6.34. The molecular formula is C24H31ClF3N5O3. The van der Waals surface area contributed by atoms with E-state index >= 15 is 0 Å². The number of likely N-dealkylation sites (N-methyl/N-ethyl adjacent to an activating group) is 1. The fourth-order valence-electron chi connectivity index (χ4n) is 3.91. The number of ether oxygens (including phenoxy) is 2. The number of hydrogen-bond donors (Lipinski definition) is 2. The molecule has 2 atom stereocenters. The molecule has 198 valence electrons. The number of aromatic nitrogens is 2.